The van der Waals surface area contributed by atoms with E-state index in [0.29, 0.717) is 6.42 Å². The van der Waals surface area contributed by atoms with Crippen LogP contribution < -0.4 is 0 Å². The van der Waals surface area contributed by atoms with Crippen molar-refractivity contribution in [2.45, 2.75) is 44.9 Å². The number of rotatable bonds is 3. The Kier molecular flexibility index (Phi) is 4.12. The largest absolute Gasteiger partial charge is 0.469 e. The van der Waals surface area contributed by atoms with Crippen molar-refractivity contribution in [2.24, 2.45) is 0 Å². The van der Waals surface area contributed by atoms with Gasteiger partial charge in [0.2, 0.25) is 0 Å². The van der Waals surface area contributed by atoms with Crippen LogP contribution in [0.2, 0.25) is 0 Å². The van der Waals surface area contributed by atoms with Crippen LogP contribution in [0.15, 0.2) is 0 Å². The minimum Gasteiger partial charge on any atom is -0.469 e. The normalized spacial score (nSPS) is 19.1. The molecule has 1 fully saturated rings. The second kappa shape index (κ2) is 5.18. The van der Waals surface area contributed by atoms with Crippen LogP contribution in [0.5, 0.6) is 0 Å². The highest BCUT2D eigenvalue weighted by molar-refractivity contribution is 5.69. The first-order valence-corrected chi connectivity index (χ1v) is 4.73. The molecule has 0 aromatic rings. The van der Waals surface area contributed by atoms with E-state index in [-0.39, 0.29) is 5.97 Å². The molecule has 0 bridgehead atoms. The summed E-state index contributed by atoms with van der Waals surface area (Å²) < 4.78 is 4.59. The molecular weight excluding hydrogens is 152 g/mol. The predicted octanol–water partition coefficient (Wildman–Crippen LogP) is 2.48. The van der Waals surface area contributed by atoms with Gasteiger partial charge in [-0.3, -0.25) is 4.79 Å². The average molecular weight is 169 g/mol. The molecule has 1 aliphatic rings. The molecule has 12 heavy (non-hydrogen) atoms. The van der Waals surface area contributed by atoms with E-state index in [1.54, 1.807) is 5.92 Å². The van der Waals surface area contributed by atoms with Gasteiger partial charge in [-0.15, -0.1) is 0 Å². The third kappa shape index (κ3) is 3.24. The summed E-state index contributed by atoms with van der Waals surface area (Å²) in [4.78, 5) is 10.8. The average Bonchev–Trinajstić information content (AvgIpc) is 2.16. The van der Waals surface area contributed by atoms with E-state index in [1.807, 2.05) is 0 Å². The van der Waals surface area contributed by atoms with E-state index in [2.05, 4.69) is 4.74 Å². The van der Waals surface area contributed by atoms with Crippen molar-refractivity contribution in [2.75, 3.05) is 7.11 Å². The maximum atomic E-state index is 10.8. The Hall–Kier alpha value is -0.530. The summed E-state index contributed by atoms with van der Waals surface area (Å²) in [5, 5.41) is 0. The maximum Gasteiger partial charge on any atom is 0.305 e. The number of carbonyl (C=O) groups excluding carboxylic acids is 1. The van der Waals surface area contributed by atoms with Crippen molar-refractivity contribution < 1.29 is 9.53 Å². The number of carbonyl (C=O) groups is 1. The molecular formula is C10H17O2. The van der Waals surface area contributed by atoms with Crippen LogP contribution >= 0.6 is 0 Å². The minimum absolute atomic E-state index is 0.0759. The second-order valence-electron chi connectivity index (χ2n) is 3.39. The Morgan fingerprint density at radius 1 is 1.33 bits per heavy atom. The van der Waals surface area contributed by atoms with Crippen molar-refractivity contribution >= 4 is 5.97 Å². The molecule has 0 heterocycles. The summed E-state index contributed by atoms with van der Waals surface area (Å²) in [7, 11) is 1.45. The molecule has 1 rings (SSSR count). The molecule has 1 saturated carbocycles. The lowest BCUT2D eigenvalue weighted by Crippen LogP contribution is -2.07. The quantitative estimate of drug-likeness (QED) is 0.607. The van der Waals surface area contributed by atoms with E-state index in [0.717, 1.165) is 6.42 Å². The topological polar surface area (TPSA) is 26.3 Å². The van der Waals surface area contributed by atoms with Crippen LogP contribution in [0.25, 0.3) is 0 Å². The SMILES string of the molecule is COC(=O)CC[C]1CCCCC1. The van der Waals surface area contributed by atoms with Crippen LogP contribution in [0.3, 0.4) is 0 Å². The molecule has 0 atom stereocenters. The van der Waals surface area contributed by atoms with Gasteiger partial charge in [-0.05, 0) is 25.2 Å². The molecule has 69 valence electrons. The first-order valence-electron chi connectivity index (χ1n) is 4.73. The Balaban J connectivity index is 2.09. The van der Waals surface area contributed by atoms with E-state index in [9.17, 15) is 4.79 Å². The van der Waals surface area contributed by atoms with Crippen molar-refractivity contribution in [1.29, 1.82) is 0 Å². The molecule has 1 aliphatic carbocycles. The van der Waals surface area contributed by atoms with Gasteiger partial charge in [-0.2, -0.15) is 0 Å². The summed E-state index contributed by atoms with van der Waals surface area (Å²) in [6.45, 7) is 0. The number of methoxy groups -OCH3 is 1. The van der Waals surface area contributed by atoms with E-state index >= 15 is 0 Å². The van der Waals surface area contributed by atoms with Gasteiger partial charge in [0, 0.05) is 6.42 Å². The standard InChI is InChI=1S/C10H17O2/c1-12-10(11)8-7-9-5-3-2-4-6-9/h2-8H2,1H3. The molecule has 0 aromatic heterocycles. The van der Waals surface area contributed by atoms with Crippen LogP contribution in [0, 0.1) is 5.92 Å². The smallest absolute Gasteiger partial charge is 0.305 e. The van der Waals surface area contributed by atoms with Crippen molar-refractivity contribution in [3.05, 3.63) is 5.92 Å². The van der Waals surface area contributed by atoms with Gasteiger partial charge in [-0.25, -0.2) is 0 Å². The van der Waals surface area contributed by atoms with Crippen LogP contribution in [-0.4, -0.2) is 13.1 Å². The first-order chi connectivity index (χ1) is 5.83. The maximum absolute atomic E-state index is 10.8. The summed E-state index contributed by atoms with van der Waals surface area (Å²) in [5.41, 5.74) is 0. The van der Waals surface area contributed by atoms with Gasteiger partial charge in [-0.1, -0.05) is 19.3 Å². The fourth-order valence-corrected chi connectivity index (χ4v) is 1.68. The molecule has 1 radical (unpaired) electrons. The molecule has 2 heteroatoms. The van der Waals surface area contributed by atoms with Crippen LogP contribution in [-0.2, 0) is 9.53 Å². The highest BCUT2D eigenvalue weighted by Crippen LogP contribution is 2.29. The van der Waals surface area contributed by atoms with Crippen LogP contribution in [0.4, 0.5) is 0 Å². The summed E-state index contributed by atoms with van der Waals surface area (Å²) >= 11 is 0. The number of hydrogen-bond donors (Lipinski definition) is 0. The Labute approximate surface area is 74.3 Å². The highest BCUT2D eigenvalue weighted by atomic mass is 16.5. The number of esters is 1. The molecule has 0 aliphatic heterocycles. The van der Waals surface area contributed by atoms with E-state index in [1.165, 1.54) is 39.2 Å². The number of ether oxygens (including phenoxy) is 1. The van der Waals surface area contributed by atoms with Gasteiger partial charge in [0.15, 0.2) is 0 Å². The lowest BCUT2D eigenvalue weighted by atomic mass is 9.86. The zero-order valence-electron chi connectivity index (χ0n) is 7.77. The zero-order valence-corrected chi connectivity index (χ0v) is 7.77. The van der Waals surface area contributed by atoms with Crippen molar-refractivity contribution in [3.8, 4) is 0 Å². The molecule has 0 spiro atoms. The summed E-state index contributed by atoms with van der Waals surface area (Å²) in [6.07, 6.45) is 7.99. The number of hydrogen-bond acceptors (Lipinski definition) is 2. The van der Waals surface area contributed by atoms with Crippen molar-refractivity contribution in [3.63, 3.8) is 0 Å². The van der Waals surface area contributed by atoms with Gasteiger partial charge >= 0.3 is 5.97 Å². The third-order valence-corrected chi connectivity index (χ3v) is 2.47. The fraction of sp³-hybridized carbons (Fsp3) is 0.800. The zero-order chi connectivity index (χ0) is 8.81. The van der Waals surface area contributed by atoms with Crippen LogP contribution in [0.1, 0.15) is 44.9 Å². The lowest BCUT2D eigenvalue weighted by molar-refractivity contribution is -0.140. The van der Waals surface area contributed by atoms with Gasteiger partial charge in [0.1, 0.15) is 0 Å². The molecule has 2 nitrogen and oxygen atoms in total. The Bertz CT molecular complexity index is 137. The molecule has 0 aromatic carbocycles. The van der Waals surface area contributed by atoms with E-state index in [4.69, 9.17) is 0 Å². The van der Waals surface area contributed by atoms with Gasteiger partial charge < -0.3 is 4.74 Å². The molecule has 0 unspecified atom stereocenters. The fourth-order valence-electron chi connectivity index (χ4n) is 1.68. The monoisotopic (exact) mass is 169 g/mol. The Morgan fingerprint density at radius 3 is 2.58 bits per heavy atom. The third-order valence-electron chi connectivity index (χ3n) is 2.47. The summed E-state index contributed by atoms with van der Waals surface area (Å²) in [5.74, 6) is 1.49. The predicted molar refractivity (Wildman–Crippen MR) is 47.6 cm³/mol. The molecule has 0 saturated heterocycles. The Morgan fingerprint density at radius 2 is 2.00 bits per heavy atom. The van der Waals surface area contributed by atoms with Crippen molar-refractivity contribution in [1.82, 2.24) is 0 Å². The lowest BCUT2D eigenvalue weighted by Gasteiger charge is -2.19. The summed E-state index contributed by atoms with van der Waals surface area (Å²) in [6, 6.07) is 0. The van der Waals surface area contributed by atoms with E-state index < -0.39 is 0 Å². The highest BCUT2D eigenvalue weighted by Gasteiger charge is 2.14. The molecule has 0 amide bonds. The first kappa shape index (κ1) is 9.56. The second-order valence-corrected chi connectivity index (χ2v) is 3.39. The van der Waals surface area contributed by atoms with Gasteiger partial charge in [0.25, 0.3) is 0 Å². The molecule has 0 N–H and O–H groups in total. The van der Waals surface area contributed by atoms with Gasteiger partial charge in [0.05, 0.1) is 7.11 Å². The minimum atomic E-state index is -0.0759.